The van der Waals surface area contributed by atoms with Crippen LogP contribution in [0.1, 0.15) is 16.7 Å². The molecule has 0 aliphatic carbocycles. The predicted molar refractivity (Wildman–Crippen MR) is 144 cm³/mol. The van der Waals surface area contributed by atoms with Gasteiger partial charge in [0.15, 0.2) is 11.5 Å². The molecule has 216 valence electrons. The molecular formula is C27H33N3O10. The van der Waals surface area contributed by atoms with Crippen LogP contribution in [-0.2, 0) is 33.6 Å². The highest BCUT2D eigenvalue weighted by Gasteiger charge is 2.13. The number of hydrogen-bond donors (Lipinski definition) is 10. The number of nitrogens with two attached hydrogens (primary N) is 3. The van der Waals surface area contributed by atoms with Gasteiger partial charge in [-0.1, -0.05) is 30.3 Å². The number of rotatable bonds is 9. The second-order valence-corrected chi connectivity index (χ2v) is 8.60. The molecule has 0 heterocycles. The SMILES string of the molecule is NC(Cc1ccc(O)c(O)c1)C(=O)O.NC(Cc1ccc(O)cc1)C(=O)O.NC(Cc1ccc(O)cc1)C(=O)O. The summed E-state index contributed by atoms with van der Waals surface area (Å²) in [5.41, 5.74) is 18.1. The molecule has 0 bridgehead atoms. The van der Waals surface area contributed by atoms with Crippen LogP contribution < -0.4 is 17.2 Å². The van der Waals surface area contributed by atoms with Crippen LogP contribution in [-0.4, -0.2) is 71.8 Å². The van der Waals surface area contributed by atoms with Gasteiger partial charge in [-0.15, -0.1) is 0 Å². The summed E-state index contributed by atoms with van der Waals surface area (Å²) in [5.74, 6) is -3.34. The molecule has 3 unspecified atom stereocenters. The lowest BCUT2D eigenvalue weighted by atomic mass is 10.1. The molecule has 0 saturated carbocycles. The minimum Gasteiger partial charge on any atom is -0.508 e. The van der Waals surface area contributed by atoms with Crippen molar-refractivity contribution in [1.29, 1.82) is 0 Å². The number of phenolic OH excluding ortho intramolecular Hbond substituents is 4. The van der Waals surface area contributed by atoms with E-state index in [0.29, 0.717) is 5.56 Å². The summed E-state index contributed by atoms with van der Waals surface area (Å²) in [7, 11) is 0. The average Bonchev–Trinajstić information content (AvgIpc) is 2.89. The minimum atomic E-state index is -1.10. The zero-order valence-electron chi connectivity index (χ0n) is 21.3. The Labute approximate surface area is 229 Å². The molecule has 3 aromatic rings. The van der Waals surface area contributed by atoms with Gasteiger partial charge in [0.2, 0.25) is 0 Å². The molecule has 13 heteroatoms. The third kappa shape index (κ3) is 12.6. The third-order valence-corrected chi connectivity index (χ3v) is 5.23. The standard InChI is InChI=1S/C9H11NO4.2C9H11NO3/c10-6(9(13)14)3-5-1-2-7(11)8(12)4-5;2*10-8(9(12)13)5-6-1-3-7(11)4-2-6/h1-2,4,6,11-12H,3,10H2,(H,13,14);2*1-4,8,11H,5,10H2,(H,12,13). The van der Waals surface area contributed by atoms with E-state index in [-0.39, 0.29) is 42.3 Å². The van der Waals surface area contributed by atoms with Crippen LogP contribution in [0.25, 0.3) is 0 Å². The Kier molecular flexibility index (Phi) is 13.4. The van der Waals surface area contributed by atoms with Gasteiger partial charge in [0, 0.05) is 0 Å². The highest BCUT2D eigenvalue weighted by Crippen LogP contribution is 2.25. The van der Waals surface area contributed by atoms with E-state index < -0.39 is 36.0 Å². The van der Waals surface area contributed by atoms with E-state index in [1.807, 2.05) is 0 Å². The number of carboxylic acid groups (broad SMARTS) is 3. The maximum Gasteiger partial charge on any atom is 0.320 e. The summed E-state index contributed by atoms with van der Waals surface area (Å²) in [4.78, 5) is 31.2. The van der Waals surface area contributed by atoms with Crippen molar-refractivity contribution in [2.75, 3.05) is 0 Å². The number of aliphatic carboxylic acids is 3. The normalized spacial score (nSPS) is 12.4. The summed E-state index contributed by atoms with van der Waals surface area (Å²) in [6.07, 6.45) is 0.661. The van der Waals surface area contributed by atoms with Crippen LogP contribution in [0.3, 0.4) is 0 Å². The third-order valence-electron chi connectivity index (χ3n) is 5.23. The van der Waals surface area contributed by atoms with Gasteiger partial charge in [-0.05, 0) is 72.4 Å². The summed E-state index contributed by atoms with van der Waals surface area (Å²) >= 11 is 0. The number of hydrogen-bond acceptors (Lipinski definition) is 10. The fraction of sp³-hybridized carbons (Fsp3) is 0.222. The van der Waals surface area contributed by atoms with Gasteiger partial charge in [-0.25, -0.2) is 0 Å². The van der Waals surface area contributed by atoms with Gasteiger partial charge < -0.3 is 52.9 Å². The maximum absolute atomic E-state index is 10.4. The Morgan fingerprint density at radius 3 is 1.10 bits per heavy atom. The fourth-order valence-corrected chi connectivity index (χ4v) is 2.98. The first-order valence-corrected chi connectivity index (χ1v) is 11.7. The molecule has 0 fully saturated rings. The number of phenols is 4. The lowest BCUT2D eigenvalue weighted by molar-refractivity contribution is -0.139. The van der Waals surface area contributed by atoms with Crippen molar-refractivity contribution < 1.29 is 50.1 Å². The molecule has 0 aliphatic heterocycles. The fourth-order valence-electron chi connectivity index (χ4n) is 2.98. The van der Waals surface area contributed by atoms with Crippen molar-refractivity contribution in [3.63, 3.8) is 0 Å². The van der Waals surface area contributed by atoms with Crippen LogP contribution in [0.15, 0.2) is 66.7 Å². The molecule has 0 radical (unpaired) electrons. The van der Waals surface area contributed by atoms with E-state index in [2.05, 4.69) is 0 Å². The number of benzene rings is 3. The van der Waals surface area contributed by atoms with Gasteiger partial charge in [-0.3, -0.25) is 14.4 Å². The molecule has 0 spiro atoms. The Morgan fingerprint density at radius 2 is 0.800 bits per heavy atom. The van der Waals surface area contributed by atoms with E-state index in [0.717, 1.165) is 11.1 Å². The van der Waals surface area contributed by atoms with E-state index >= 15 is 0 Å². The molecule has 3 rings (SSSR count). The Balaban J connectivity index is 0.000000300. The van der Waals surface area contributed by atoms with Crippen molar-refractivity contribution in [3.8, 4) is 23.0 Å². The number of carboxylic acids is 3. The summed E-state index contributed by atoms with van der Waals surface area (Å²) < 4.78 is 0. The zero-order valence-corrected chi connectivity index (χ0v) is 21.3. The molecule has 3 atom stereocenters. The van der Waals surface area contributed by atoms with Crippen LogP contribution in [0, 0.1) is 0 Å². The number of carbonyl (C=O) groups is 3. The number of aromatic hydroxyl groups is 4. The van der Waals surface area contributed by atoms with Crippen molar-refractivity contribution in [2.45, 2.75) is 37.4 Å². The summed E-state index contributed by atoms with van der Waals surface area (Å²) in [6.45, 7) is 0. The first kappa shape index (κ1) is 33.2. The Morgan fingerprint density at radius 1 is 0.500 bits per heavy atom. The van der Waals surface area contributed by atoms with E-state index in [4.69, 9.17) is 52.9 Å². The highest BCUT2D eigenvalue weighted by atomic mass is 16.4. The largest absolute Gasteiger partial charge is 0.508 e. The van der Waals surface area contributed by atoms with E-state index in [9.17, 15) is 14.4 Å². The monoisotopic (exact) mass is 559 g/mol. The molecule has 0 aliphatic rings. The second kappa shape index (κ2) is 16.2. The van der Waals surface area contributed by atoms with Gasteiger partial charge in [-0.2, -0.15) is 0 Å². The van der Waals surface area contributed by atoms with E-state index in [1.165, 1.54) is 42.5 Å². The molecule has 0 saturated heterocycles. The molecule has 40 heavy (non-hydrogen) atoms. The van der Waals surface area contributed by atoms with Crippen molar-refractivity contribution in [3.05, 3.63) is 83.4 Å². The quantitative estimate of drug-likeness (QED) is 0.162. The van der Waals surface area contributed by atoms with Gasteiger partial charge in [0.1, 0.15) is 29.6 Å². The van der Waals surface area contributed by atoms with Gasteiger partial charge in [0.05, 0.1) is 0 Å². The highest BCUT2D eigenvalue weighted by molar-refractivity contribution is 5.74. The first-order chi connectivity index (χ1) is 18.7. The van der Waals surface area contributed by atoms with Gasteiger partial charge in [0.25, 0.3) is 0 Å². The van der Waals surface area contributed by atoms with Crippen LogP contribution >= 0.6 is 0 Å². The van der Waals surface area contributed by atoms with Crippen molar-refractivity contribution >= 4 is 17.9 Å². The molecule has 0 aromatic heterocycles. The molecule has 0 amide bonds. The van der Waals surface area contributed by atoms with Crippen molar-refractivity contribution in [1.82, 2.24) is 0 Å². The average molecular weight is 560 g/mol. The first-order valence-electron chi connectivity index (χ1n) is 11.7. The molecular weight excluding hydrogens is 526 g/mol. The Hall–Kier alpha value is -4.85. The molecule has 13 N–H and O–H groups in total. The lowest BCUT2D eigenvalue weighted by Crippen LogP contribution is -2.32. The van der Waals surface area contributed by atoms with E-state index in [1.54, 1.807) is 24.3 Å². The molecule has 3 aromatic carbocycles. The topological polar surface area (TPSA) is 271 Å². The molecule has 13 nitrogen and oxygen atoms in total. The summed E-state index contributed by atoms with van der Waals surface area (Å²) in [6, 6.07) is 13.9. The lowest BCUT2D eigenvalue weighted by Gasteiger charge is -2.06. The smallest absolute Gasteiger partial charge is 0.320 e. The zero-order chi connectivity index (χ0) is 30.4. The second-order valence-electron chi connectivity index (χ2n) is 8.60. The van der Waals surface area contributed by atoms with Gasteiger partial charge >= 0.3 is 17.9 Å². The van der Waals surface area contributed by atoms with Crippen LogP contribution in [0.2, 0.25) is 0 Å². The van der Waals surface area contributed by atoms with Crippen molar-refractivity contribution in [2.24, 2.45) is 17.2 Å². The predicted octanol–water partition coefficient (Wildman–Crippen LogP) is 0.745. The Bertz CT molecular complexity index is 1190. The van der Waals surface area contributed by atoms with Crippen LogP contribution in [0.4, 0.5) is 0 Å². The van der Waals surface area contributed by atoms with Crippen LogP contribution in [0.5, 0.6) is 23.0 Å². The summed E-state index contributed by atoms with van der Waals surface area (Å²) in [5, 5.41) is 61.6. The minimum absolute atomic E-state index is 0.114. The maximum atomic E-state index is 10.4.